The number of hydrogen-bond donors (Lipinski definition) is 0. The number of allylic oxidation sites excluding steroid dienone is 9. The van der Waals surface area contributed by atoms with Gasteiger partial charge in [-0.1, -0.05) is 117 Å². The summed E-state index contributed by atoms with van der Waals surface area (Å²) in [5.74, 6) is 2.44. The molecule has 0 bridgehead atoms. The fraction of sp³-hybridized carbons (Fsp3) is 0.379. The van der Waals surface area contributed by atoms with Gasteiger partial charge in [-0.15, -0.1) is 0 Å². The van der Waals surface area contributed by atoms with Crippen molar-refractivity contribution in [3.63, 3.8) is 0 Å². The van der Waals surface area contributed by atoms with Crippen LogP contribution in [0.25, 0.3) is 10.9 Å². The normalized spacial score (nSPS) is 35.6. The molecule has 3 nitrogen and oxygen atoms in total. The fourth-order valence-corrected chi connectivity index (χ4v) is 12.1. The van der Waals surface area contributed by atoms with Crippen LogP contribution in [-0.2, 0) is 17.0 Å². The van der Waals surface area contributed by atoms with Gasteiger partial charge in [-0.3, -0.25) is 4.99 Å². The Morgan fingerprint density at radius 2 is 1.42 bits per heavy atom. The first-order valence-corrected chi connectivity index (χ1v) is 19.7. The molecule has 5 unspecified atom stereocenters. The van der Waals surface area contributed by atoms with Gasteiger partial charge in [0.05, 0.1) is 6.17 Å². The van der Waals surface area contributed by atoms with Crippen LogP contribution < -0.4 is 0 Å². The van der Waals surface area contributed by atoms with Crippen molar-refractivity contribution in [3.8, 4) is 0 Å². The van der Waals surface area contributed by atoms with Gasteiger partial charge in [0.2, 0.25) is 0 Å². The van der Waals surface area contributed by atoms with Crippen molar-refractivity contribution < 1.29 is 17.0 Å². The summed E-state index contributed by atoms with van der Waals surface area (Å²) in [5.41, 5.74) is 3.23. The minimum absolute atomic E-state index is 0. The van der Waals surface area contributed by atoms with Gasteiger partial charge in [-0.2, -0.15) is 0 Å². The summed E-state index contributed by atoms with van der Waals surface area (Å²) in [6.07, 6.45) is 23.5. The van der Waals surface area contributed by atoms with Crippen LogP contribution in [0.15, 0.2) is 90.0 Å². The molecule has 1 aromatic rings. The van der Waals surface area contributed by atoms with E-state index in [1.54, 1.807) is 0 Å². The summed E-state index contributed by atoms with van der Waals surface area (Å²) in [4.78, 5) is 5.05. The summed E-state index contributed by atoms with van der Waals surface area (Å²) in [5, 5.41) is 5.31. The minimum atomic E-state index is -1.93. The van der Waals surface area contributed by atoms with Crippen LogP contribution >= 0.6 is 18.6 Å². The van der Waals surface area contributed by atoms with Gasteiger partial charge < -0.3 is 17.3 Å². The molecule has 0 N–H and O–H groups in total. The molecule has 2 heterocycles. The Kier molecular flexibility index (Phi) is 9.21. The summed E-state index contributed by atoms with van der Waals surface area (Å²) in [6.45, 7) is 7.46. The molecule has 1 saturated carbocycles. The van der Waals surface area contributed by atoms with Crippen molar-refractivity contribution in [2.45, 2.75) is 43.9 Å². The van der Waals surface area contributed by atoms with E-state index in [0.717, 1.165) is 0 Å². The predicted molar refractivity (Wildman–Crippen MR) is 155 cm³/mol. The molecule has 36 heavy (non-hydrogen) atoms. The van der Waals surface area contributed by atoms with Crippen molar-refractivity contribution in [3.05, 3.63) is 103 Å². The van der Waals surface area contributed by atoms with Crippen molar-refractivity contribution in [2.24, 2.45) is 28.7 Å². The zero-order chi connectivity index (χ0) is 24.6. The molecule has 0 radical (unpaired) electrons. The molecule has 2 fully saturated rings. The van der Waals surface area contributed by atoms with Crippen LogP contribution in [0.2, 0.25) is 18.6 Å². The summed E-state index contributed by atoms with van der Waals surface area (Å²) < 4.78 is 2.76. The predicted octanol–water partition coefficient (Wildman–Crippen LogP) is 8.02. The molecule has 190 valence electrons. The molecule has 0 amide bonds. The second-order valence-electron chi connectivity index (χ2n) is 10.4. The van der Waals surface area contributed by atoms with Crippen molar-refractivity contribution in [1.29, 1.82) is 0 Å². The Balaban J connectivity index is 0.000000726. The van der Waals surface area contributed by atoms with E-state index >= 15 is 0 Å². The summed E-state index contributed by atoms with van der Waals surface area (Å²) in [7, 11) is 7.85. The van der Waals surface area contributed by atoms with Gasteiger partial charge >= 0.3 is 35.6 Å². The topological polar surface area (TPSA) is 29.7 Å². The molecule has 1 saturated heterocycles. The van der Waals surface area contributed by atoms with E-state index < -0.39 is 25.3 Å². The zero-order valence-electron chi connectivity index (χ0n) is 21.4. The molecule has 0 spiro atoms. The first-order chi connectivity index (χ1) is 17.0. The second-order valence-corrected chi connectivity index (χ2v) is 17.5. The van der Waals surface area contributed by atoms with Crippen LogP contribution in [-0.4, -0.2) is 37.4 Å². The molecular weight excluding hydrogens is 537 g/mol. The third-order valence-corrected chi connectivity index (χ3v) is 12.8. The standard InChI is InChI=1S/C28H32N3Si.CH3.2ClH.Ti/c1-19-30-26-21(20-11-5-4-6-12-20)17-18-29-28(26)31(19)32(2,3)27-24-15-9-7-13-22(24)23-14-8-10-16-25(23)27;;;;/h4-19,22-28H,1-3H3;1H3;2*1H;/q2*-1;;;+2/p-2/t19-,22?,23?,24?,25?,26?,27?,28-;;;;/m0..../s1. The number of dihydropyridines is 1. The number of aliphatic imine (C=N–C) groups is 1. The van der Waals surface area contributed by atoms with E-state index in [1.165, 1.54) is 11.1 Å². The first kappa shape index (κ1) is 28.0. The number of benzene rings is 1. The van der Waals surface area contributed by atoms with Crippen LogP contribution in [0.5, 0.6) is 0 Å². The first-order valence-electron chi connectivity index (χ1n) is 12.4. The molecular formula is C29H35Cl2N3SiTi-2. The Hall–Kier alpha value is -0.979. The molecule has 3 aliphatic carbocycles. The van der Waals surface area contributed by atoms with E-state index in [9.17, 15) is 0 Å². The van der Waals surface area contributed by atoms with E-state index in [0.29, 0.717) is 29.2 Å². The second kappa shape index (κ2) is 11.8. The van der Waals surface area contributed by atoms with E-state index in [1.807, 2.05) is 6.21 Å². The third-order valence-electron chi connectivity index (χ3n) is 8.46. The van der Waals surface area contributed by atoms with Gasteiger partial charge in [0.25, 0.3) is 0 Å². The molecule has 1 aromatic carbocycles. The average Bonchev–Trinajstić information content (AvgIpc) is 3.40. The number of nitrogens with zero attached hydrogens (tertiary/aromatic N) is 3. The molecule has 7 atom stereocenters. The van der Waals surface area contributed by atoms with Crippen LogP contribution in [0.3, 0.4) is 0 Å². The van der Waals surface area contributed by atoms with Crippen molar-refractivity contribution in [2.75, 3.05) is 0 Å². The molecule has 0 aromatic heterocycles. The molecule has 7 heteroatoms. The summed E-state index contributed by atoms with van der Waals surface area (Å²) in [6, 6.07) is 10.9. The number of hydrogen-bond acceptors (Lipinski definition) is 2. The Morgan fingerprint density at radius 1 is 0.889 bits per heavy atom. The van der Waals surface area contributed by atoms with Gasteiger partial charge in [-0.25, -0.2) is 0 Å². The zero-order valence-corrected chi connectivity index (χ0v) is 25.5. The van der Waals surface area contributed by atoms with Gasteiger partial charge in [0, 0.05) is 6.21 Å². The van der Waals surface area contributed by atoms with Crippen LogP contribution in [0, 0.1) is 31.1 Å². The molecule has 5 aliphatic rings. The number of fused-ring (bicyclic) bond motifs is 4. The van der Waals surface area contributed by atoms with Gasteiger partial charge in [-0.05, 0) is 40.9 Å². The fourth-order valence-electron chi connectivity index (χ4n) is 7.32. The maximum absolute atomic E-state index is 5.31. The Labute approximate surface area is 234 Å². The van der Waals surface area contributed by atoms with Crippen LogP contribution in [0.4, 0.5) is 0 Å². The summed E-state index contributed by atoms with van der Waals surface area (Å²) >= 11 is -0.556. The van der Waals surface area contributed by atoms with E-state index in [4.69, 9.17) is 28.9 Å². The SMILES string of the molecule is C[C@H]1[N-]C2C(c3ccccc3)=CC=N[C@H]2N1[Si](C)(C)C1C2C=CC=CC2C2C=CC=CC21.[CH3-].[Cl][Ti][Cl]. The maximum atomic E-state index is 5.31. The van der Waals surface area contributed by atoms with Gasteiger partial charge in [0.1, 0.15) is 8.24 Å². The van der Waals surface area contributed by atoms with Crippen LogP contribution in [0.1, 0.15) is 12.5 Å². The monoisotopic (exact) mass is 571 g/mol. The molecule has 2 aliphatic heterocycles. The third kappa shape index (κ3) is 4.91. The number of halogens is 2. The quantitative estimate of drug-likeness (QED) is 0.267. The van der Waals surface area contributed by atoms with Gasteiger partial charge in [0.15, 0.2) is 0 Å². The van der Waals surface area contributed by atoms with E-state index in [2.05, 4.69) is 110 Å². The van der Waals surface area contributed by atoms with E-state index in [-0.39, 0.29) is 25.8 Å². The Bertz CT molecular complexity index is 1060. The molecule has 6 rings (SSSR count). The average molecular weight is 572 g/mol. The number of rotatable bonds is 3. The van der Waals surface area contributed by atoms with Crippen molar-refractivity contribution >= 4 is 38.6 Å². The Morgan fingerprint density at radius 3 is 1.97 bits per heavy atom. The van der Waals surface area contributed by atoms with Crippen molar-refractivity contribution in [1.82, 2.24) is 4.57 Å².